The van der Waals surface area contributed by atoms with Crippen molar-refractivity contribution in [2.24, 2.45) is 5.73 Å². The molecule has 2 aromatic carbocycles. The number of nitrogens with zero attached hydrogens (tertiary/aromatic N) is 1. The summed E-state index contributed by atoms with van der Waals surface area (Å²) in [5.74, 6) is -2.24. The molecule has 0 aliphatic carbocycles. The lowest BCUT2D eigenvalue weighted by atomic mass is 10.1. The lowest BCUT2D eigenvalue weighted by Crippen LogP contribution is -2.39. The second-order valence-electron chi connectivity index (χ2n) is 5.17. The van der Waals surface area contributed by atoms with Crippen LogP contribution >= 0.6 is 0 Å². The fraction of sp³-hybridized carbons (Fsp3) is 0.176. The van der Waals surface area contributed by atoms with E-state index in [1.807, 2.05) is 0 Å². The third kappa shape index (κ3) is 4.34. The number of carbonyl (C=O) groups excluding carboxylic acids is 2. The molecule has 24 heavy (non-hydrogen) atoms. The molecule has 2 amide bonds. The monoisotopic (exact) mass is 336 g/mol. The fourth-order valence-electron chi connectivity index (χ4n) is 2.30. The Morgan fingerprint density at radius 1 is 0.917 bits per heavy atom. The predicted octanol–water partition coefficient (Wildman–Crippen LogP) is 2.72. The van der Waals surface area contributed by atoms with Crippen LogP contribution in [0.15, 0.2) is 54.6 Å². The van der Waals surface area contributed by atoms with E-state index >= 15 is 0 Å². The molecule has 4 nitrogen and oxygen atoms in total. The van der Waals surface area contributed by atoms with Crippen LogP contribution in [0.5, 0.6) is 0 Å². The number of alkyl halides is 3. The molecule has 0 aliphatic heterocycles. The number of benzene rings is 2. The number of hydrogen-bond donors (Lipinski definition) is 1. The number of halogens is 3. The molecule has 2 rings (SSSR count). The quantitative estimate of drug-likeness (QED) is 0.873. The first kappa shape index (κ1) is 17.5. The van der Waals surface area contributed by atoms with Gasteiger partial charge in [-0.1, -0.05) is 48.5 Å². The lowest BCUT2D eigenvalue weighted by Gasteiger charge is -2.23. The van der Waals surface area contributed by atoms with Crippen molar-refractivity contribution in [3.05, 3.63) is 71.3 Å². The first-order chi connectivity index (χ1) is 11.3. The summed E-state index contributed by atoms with van der Waals surface area (Å²) in [4.78, 5) is 24.2. The molecule has 0 radical (unpaired) electrons. The molecule has 0 atom stereocenters. The lowest BCUT2D eigenvalue weighted by molar-refractivity contribution is -0.145. The van der Waals surface area contributed by atoms with Gasteiger partial charge in [-0.25, -0.2) is 0 Å². The van der Waals surface area contributed by atoms with E-state index in [2.05, 4.69) is 0 Å². The van der Waals surface area contributed by atoms with E-state index in [0.717, 1.165) is 11.0 Å². The maximum Gasteiger partial charge on any atom is 0.416 e. The van der Waals surface area contributed by atoms with Gasteiger partial charge in [-0.15, -0.1) is 0 Å². The van der Waals surface area contributed by atoms with E-state index in [1.165, 1.54) is 18.2 Å². The normalized spacial score (nSPS) is 11.1. The molecule has 0 aliphatic rings. The summed E-state index contributed by atoms with van der Waals surface area (Å²) in [6.07, 6.45) is -4.55. The zero-order valence-corrected chi connectivity index (χ0v) is 12.6. The molecule has 7 heteroatoms. The SMILES string of the molecule is NC(=O)C(=O)N(Cc1ccccc1)Cc1ccccc1C(F)(F)F. The first-order valence-corrected chi connectivity index (χ1v) is 7.07. The zero-order valence-electron chi connectivity index (χ0n) is 12.6. The molecule has 2 aromatic rings. The van der Waals surface area contributed by atoms with Crippen molar-refractivity contribution in [1.29, 1.82) is 0 Å². The minimum Gasteiger partial charge on any atom is -0.361 e. The van der Waals surface area contributed by atoms with Crippen molar-refractivity contribution < 1.29 is 22.8 Å². The fourth-order valence-corrected chi connectivity index (χ4v) is 2.30. The van der Waals surface area contributed by atoms with Crippen molar-refractivity contribution in [2.75, 3.05) is 0 Å². The maximum absolute atomic E-state index is 13.1. The highest BCUT2D eigenvalue weighted by atomic mass is 19.4. The van der Waals surface area contributed by atoms with Crippen LogP contribution < -0.4 is 5.73 Å². The Kier molecular flexibility index (Phi) is 5.23. The average molecular weight is 336 g/mol. The van der Waals surface area contributed by atoms with E-state index < -0.39 is 23.6 Å². The molecular formula is C17H15F3N2O2. The van der Waals surface area contributed by atoms with Gasteiger partial charge in [-0.3, -0.25) is 9.59 Å². The maximum atomic E-state index is 13.1. The molecule has 0 spiro atoms. The summed E-state index contributed by atoms with van der Waals surface area (Å²) < 4.78 is 39.3. The molecule has 2 N–H and O–H groups in total. The minimum atomic E-state index is -4.55. The van der Waals surface area contributed by atoms with Crippen molar-refractivity contribution in [3.63, 3.8) is 0 Å². The van der Waals surface area contributed by atoms with Crippen LogP contribution in [0.1, 0.15) is 16.7 Å². The summed E-state index contributed by atoms with van der Waals surface area (Å²) >= 11 is 0. The van der Waals surface area contributed by atoms with Gasteiger partial charge in [0.25, 0.3) is 0 Å². The first-order valence-electron chi connectivity index (χ1n) is 7.07. The highest BCUT2D eigenvalue weighted by Crippen LogP contribution is 2.32. The van der Waals surface area contributed by atoms with Crippen LogP contribution in [-0.4, -0.2) is 16.7 Å². The Labute approximate surface area is 136 Å². The number of primary amides is 1. The van der Waals surface area contributed by atoms with E-state index in [0.29, 0.717) is 5.56 Å². The molecule has 0 unspecified atom stereocenters. The summed E-state index contributed by atoms with van der Waals surface area (Å²) in [5.41, 5.74) is 4.74. The smallest absolute Gasteiger partial charge is 0.361 e. The Hall–Kier alpha value is -2.83. The molecular weight excluding hydrogens is 321 g/mol. The standard InChI is InChI=1S/C17H15F3N2O2/c18-17(19,20)14-9-5-4-8-13(14)11-22(16(24)15(21)23)10-12-6-2-1-3-7-12/h1-9H,10-11H2,(H2,21,23). The molecule has 126 valence electrons. The Balaban J connectivity index is 2.33. The van der Waals surface area contributed by atoms with Crippen molar-refractivity contribution >= 4 is 11.8 Å². The van der Waals surface area contributed by atoms with Crippen molar-refractivity contribution in [3.8, 4) is 0 Å². The Morgan fingerprint density at radius 3 is 2.08 bits per heavy atom. The van der Waals surface area contributed by atoms with Crippen molar-refractivity contribution in [2.45, 2.75) is 19.3 Å². The van der Waals surface area contributed by atoms with Gasteiger partial charge >= 0.3 is 18.0 Å². The second-order valence-corrected chi connectivity index (χ2v) is 5.17. The highest BCUT2D eigenvalue weighted by Gasteiger charge is 2.34. The summed E-state index contributed by atoms with van der Waals surface area (Å²) in [6.45, 7) is -0.388. The largest absolute Gasteiger partial charge is 0.416 e. The van der Waals surface area contributed by atoms with Gasteiger partial charge in [0.2, 0.25) is 0 Å². The molecule has 0 bridgehead atoms. The summed E-state index contributed by atoms with van der Waals surface area (Å²) in [5, 5.41) is 0. The third-order valence-corrected chi connectivity index (χ3v) is 3.40. The Bertz CT molecular complexity index is 730. The number of hydrogen-bond acceptors (Lipinski definition) is 2. The molecule has 0 saturated carbocycles. The highest BCUT2D eigenvalue weighted by molar-refractivity contribution is 6.34. The van der Waals surface area contributed by atoms with Gasteiger partial charge in [-0.2, -0.15) is 13.2 Å². The van der Waals surface area contributed by atoms with Gasteiger partial charge in [0, 0.05) is 13.1 Å². The van der Waals surface area contributed by atoms with Gasteiger partial charge in [-0.05, 0) is 17.2 Å². The van der Waals surface area contributed by atoms with Crippen LogP contribution in [0, 0.1) is 0 Å². The molecule has 0 heterocycles. The van der Waals surface area contributed by atoms with Gasteiger partial charge in [0.05, 0.1) is 5.56 Å². The minimum absolute atomic E-state index is 0.0190. The third-order valence-electron chi connectivity index (χ3n) is 3.40. The number of nitrogens with two attached hydrogens (primary N) is 1. The zero-order chi connectivity index (χ0) is 17.7. The molecule has 0 aromatic heterocycles. The van der Waals surface area contributed by atoms with E-state index in [9.17, 15) is 22.8 Å². The van der Waals surface area contributed by atoms with E-state index in [4.69, 9.17) is 5.73 Å². The van der Waals surface area contributed by atoms with Gasteiger partial charge < -0.3 is 10.6 Å². The number of rotatable bonds is 4. The molecule has 0 fully saturated rings. The number of amides is 2. The number of carbonyl (C=O) groups is 2. The van der Waals surface area contributed by atoms with Crippen LogP contribution in [0.2, 0.25) is 0 Å². The van der Waals surface area contributed by atoms with Gasteiger partial charge in [0.15, 0.2) is 0 Å². The Morgan fingerprint density at radius 2 is 1.50 bits per heavy atom. The van der Waals surface area contributed by atoms with E-state index in [1.54, 1.807) is 30.3 Å². The van der Waals surface area contributed by atoms with E-state index in [-0.39, 0.29) is 18.7 Å². The van der Waals surface area contributed by atoms with Crippen molar-refractivity contribution in [1.82, 2.24) is 4.90 Å². The summed E-state index contributed by atoms with van der Waals surface area (Å²) in [7, 11) is 0. The van der Waals surface area contributed by atoms with Gasteiger partial charge in [0.1, 0.15) is 0 Å². The van der Waals surface area contributed by atoms with Crippen LogP contribution in [0.3, 0.4) is 0 Å². The van der Waals surface area contributed by atoms with Crippen LogP contribution in [-0.2, 0) is 28.9 Å². The average Bonchev–Trinajstić information content (AvgIpc) is 2.54. The molecule has 0 saturated heterocycles. The van der Waals surface area contributed by atoms with Crippen LogP contribution in [0.25, 0.3) is 0 Å². The predicted molar refractivity (Wildman–Crippen MR) is 81.3 cm³/mol. The summed E-state index contributed by atoms with van der Waals surface area (Å²) in [6, 6.07) is 13.6. The second kappa shape index (κ2) is 7.16. The van der Waals surface area contributed by atoms with Crippen LogP contribution in [0.4, 0.5) is 13.2 Å². The topological polar surface area (TPSA) is 63.4 Å².